The van der Waals surface area contributed by atoms with E-state index in [4.69, 9.17) is 5.73 Å². The molecule has 7 nitrogen and oxygen atoms in total. The van der Waals surface area contributed by atoms with Crippen molar-refractivity contribution >= 4 is 21.4 Å². The first-order chi connectivity index (χ1) is 9.12. The number of hydrogen-bond donors (Lipinski definition) is 2. The molecule has 19 heavy (non-hydrogen) atoms. The van der Waals surface area contributed by atoms with Gasteiger partial charge in [0.2, 0.25) is 10.0 Å². The molecule has 0 fully saturated rings. The van der Waals surface area contributed by atoms with Crippen molar-refractivity contribution < 1.29 is 8.42 Å². The number of nitrogens with two attached hydrogens (primary N) is 1. The molecule has 0 saturated carbocycles. The Labute approximate surface area is 115 Å². The molecule has 2 aromatic heterocycles. The average Bonchev–Trinajstić information content (AvgIpc) is 3.05. The summed E-state index contributed by atoms with van der Waals surface area (Å²) in [5, 5.41) is 9.07. The van der Waals surface area contributed by atoms with Crippen LogP contribution in [-0.4, -0.2) is 30.0 Å². The molecule has 0 radical (unpaired) electrons. The van der Waals surface area contributed by atoms with E-state index in [1.165, 1.54) is 11.3 Å². The van der Waals surface area contributed by atoms with E-state index in [1.807, 2.05) is 0 Å². The SMILES string of the molecule is NCc1cc(S(=O)(=O)NCCCn2ccnn2)cs1. The highest BCUT2D eigenvalue weighted by molar-refractivity contribution is 7.89. The van der Waals surface area contributed by atoms with Gasteiger partial charge in [-0.3, -0.25) is 4.68 Å². The summed E-state index contributed by atoms with van der Waals surface area (Å²) >= 11 is 1.35. The van der Waals surface area contributed by atoms with E-state index >= 15 is 0 Å². The molecular weight excluding hydrogens is 286 g/mol. The van der Waals surface area contributed by atoms with Gasteiger partial charge in [0.15, 0.2) is 0 Å². The fraction of sp³-hybridized carbons (Fsp3) is 0.400. The topological polar surface area (TPSA) is 103 Å². The van der Waals surface area contributed by atoms with Gasteiger partial charge in [0, 0.05) is 36.1 Å². The van der Waals surface area contributed by atoms with Crippen LogP contribution in [0, 0.1) is 0 Å². The molecule has 2 aromatic rings. The largest absolute Gasteiger partial charge is 0.326 e. The fourth-order valence-corrected chi connectivity index (χ4v) is 3.72. The summed E-state index contributed by atoms with van der Waals surface area (Å²) in [5.41, 5.74) is 5.46. The molecular formula is C10H15N5O2S2. The van der Waals surface area contributed by atoms with Crippen molar-refractivity contribution in [3.63, 3.8) is 0 Å². The predicted octanol–water partition coefficient (Wildman–Crippen LogP) is 0.167. The summed E-state index contributed by atoms with van der Waals surface area (Å²) in [4.78, 5) is 1.13. The number of aryl methyl sites for hydroxylation is 1. The molecule has 0 aliphatic carbocycles. The summed E-state index contributed by atoms with van der Waals surface area (Å²) < 4.78 is 28.1. The number of sulfonamides is 1. The molecule has 0 saturated heterocycles. The van der Waals surface area contributed by atoms with E-state index in [-0.39, 0.29) is 4.90 Å². The van der Waals surface area contributed by atoms with Crippen LogP contribution in [0.1, 0.15) is 11.3 Å². The summed E-state index contributed by atoms with van der Waals surface area (Å²) in [7, 11) is -3.43. The highest BCUT2D eigenvalue weighted by Crippen LogP contribution is 2.18. The highest BCUT2D eigenvalue weighted by atomic mass is 32.2. The van der Waals surface area contributed by atoms with E-state index in [0.29, 0.717) is 26.1 Å². The van der Waals surface area contributed by atoms with Gasteiger partial charge in [0.1, 0.15) is 0 Å². The Kier molecular flexibility index (Phi) is 4.64. The minimum Gasteiger partial charge on any atom is -0.326 e. The van der Waals surface area contributed by atoms with E-state index in [0.717, 1.165) is 4.88 Å². The second-order valence-electron chi connectivity index (χ2n) is 3.87. The number of nitrogens with zero attached hydrogens (tertiary/aromatic N) is 3. The Hall–Kier alpha value is -1.29. The maximum absolute atomic E-state index is 11.9. The zero-order valence-corrected chi connectivity index (χ0v) is 11.8. The number of thiophene rings is 1. The summed E-state index contributed by atoms with van der Waals surface area (Å²) in [6.45, 7) is 1.34. The first-order valence-corrected chi connectivity index (χ1v) is 8.09. The molecule has 0 amide bonds. The van der Waals surface area contributed by atoms with Crippen molar-refractivity contribution in [3.05, 3.63) is 28.7 Å². The van der Waals surface area contributed by atoms with Crippen LogP contribution in [0.2, 0.25) is 0 Å². The van der Waals surface area contributed by atoms with E-state index in [9.17, 15) is 8.42 Å². The van der Waals surface area contributed by atoms with Crippen molar-refractivity contribution in [2.24, 2.45) is 5.73 Å². The van der Waals surface area contributed by atoms with Crippen molar-refractivity contribution in [3.8, 4) is 0 Å². The molecule has 0 bridgehead atoms. The minimum atomic E-state index is -3.43. The number of aromatic nitrogens is 3. The zero-order chi connectivity index (χ0) is 13.7. The monoisotopic (exact) mass is 301 g/mol. The first kappa shape index (κ1) is 14.1. The number of hydrogen-bond acceptors (Lipinski definition) is 6. The van der Waals surface area contributed by atoms with E-state index in [2.05, 4.69) is 15.0 Å². The highest BCUT2D eigenvalue weighted by Gasteiger charge is 2.15. The third kappa shape index (κ3) is 3.83. The van der Waals surface area contributed by atoms with Gasteiger partial charge < -0.3 is 5.73 Å². The second kappa shape index (κ2) is 6.24. The third-order valence-electron chi connectivity index (χ3n) is 2.47. The van der Waals surface area contributed by atoms with Crippen LogP contribution >= 0.6 is 11.3 Å². The maximum atomic E-state index is 11.9. The van der Waals surface area contributed by atoms with Gasteiger partial charge in [-0.15, -0.1) is 16.4 Å². The maximum Gasteiger partial charge on any atom is 0.241 e. The molecule has 3 N–H and O–H groups in total. The van der Waals surface area contributed by atoms with Gasteiger partial charge >= 0.3 is 0 Å². The van der Waals surface area contributed by atoms with Crippen LogP contribution in [-0.2, 0) is 23.1 Å². The lowest BCUT2D eigenvalue weighted by Crippen LogP contribution is -2.25. The van der Waals surface area contributed by atoms with Crippen molar-refractivity contribution in [1.82, 2.24) is 19.7 Å². The lowest BCUT2D eigenvalue weighted by Gasteiger charge is -2.04. The van der Waals surface area contributed by atoms with Crippen molar-refractivity contribution in [2.45, 2.75) is 24.4 Å². The number of nitrogens with one attached hydrogen (secondary N) is 1. The summed E-state index contributed by atoms with van der Waals surface area (Å²) in [5.74, 6) is 0. The van der Waals surface area contributed by atoms with Gasteiger partial charge in [-0.25, -0.2) is 13.1 Å². The second-order valence-corrected chi connectivity index (χ2v) is 6.63. The molecule has 0 atom stereocenters. The van der Waals surface area contributed by atoms with Crippen LogP contribution in [0.25, 0.3) is 0 Å². The zero-order valence-electron chi connectivity index (χ0n) is 10.2. The Balaban J connectivity index is 1.84. The Morgan fingerprint density at radius 3 is 2.95 bits per heavy atom. The normalized spacial score (nSPS) is 11.8. The Morgan fingerprint density at radius 2 is 2.32 bits per heavy atom. The average molecular weight is 301 g/mol. The predicted molar refractivity (Wildman–Crippen MR) is 72.0 cm³/mol. The molecule has 0 aliphatic rings. The molecule has 0 spiro atoms. The lowest BCUT2D eigenvalue weighted by molar-refractivity contribution is 0.542. The first-order valence-electron chi connectivity index (χ1n) is 5.73. The Morgan fingerprint density at radius 1 is 1.47 bits per heavy atom. The van der Waals surface area contributed by atoms with Crippen LogP contribution in [0.4, 0.5) is 0 Å². The van der Waals surface area contributed by atoms with Crippen LogP contribution in [0.15, 0.2) is 28.7 Å². The Bertz CT molecular complexity index is 606. The van der Waals surface area contributed by atoms with E-state index < -0.39 is 10.0 Å². The molecule has 2 rings (SSSR count). The van der Waals surface area contributed by atoms with Gasteiger partial charge in [-0.05, 0) is 12.5 Å². The molecule has 9 heteroatoms. The van der Waals surface area contributed by atoms with Gasteiger partial charge in [-0.1, -0.05) is 5.21 Å². The molecule has 0 aromatic carbocycles. The van der Waals surface area contributed by atoms with Gasteiger partial charge in [0.25, 0.3) is 0 Å². The summed E-state index contributed by atoms with van der Waals surface area (Å²) in [6, 6.07) is 1.60. The van der Waals surface area contributed by atoms with Crippen LogP contribution in [0.5, 0.6) is 0 Å². The molecule has 104 valence electrons. The minimum absolute atomic E-state index is 0.277. The number of rotatable bonds is 7. The van der Waals surface area contributed by atoms with E-state index in [1.54, 1.807) is 28.5 Å². The quantitative estimate of drug-likeness (QED) is 0.709. The van der Waals surface area contributed by atoms with Crippen LogP contribution < -0.4 is 10.5 Å². The summed E-state index contributed by atoms with van der Waals surface area (Å²) in [6.07, 6.45) is 3.97. The van der Waals surface area contributed by atoms with Gasteiger partial charge in [-0.2, -0.15) is 0 Å². The lowest BCUT2D eigenvalue weighted by atomic mass is 10.4. The molecule has 2 heterocycles. The van der Waals surface area contributed by atoms with Gasteiger partial charge in [0.05, 0.1) is 11.1 Å². The van der Waals surface area contributed by atoms with Crippen LogP contribution in [0.3, 0.4) is 0 Å². The molecule has 0 aliphatic heterocycles. The third-order valence-corrected chi connectivity index (χ3v) is 5.02. The fourth-order valence-electron chi connectivity index (χ4n) is 1.49. The molecule has 0 unspecified atom stereocenters. The standard InChI is InChI=1S/C10H15N5O2S2/c11-7-9-6-10(8-18-9)19(16,17)13-2-1-4-15-5-3-12-14-15/h3,5-6,8,13H,1-2,4,7,11H2. The van der Waals surface area contributed by atoms with Crippen molar-refractivity contribution in [1.29, 1.82) is 0 Å². The van der Waals surface area contributed by atoms with Crippen molar-refractivity contribution in [2.75, 3.05) is 6.54 Å². The smallest absolute Gasteiger partial charge is 0.241 e.